The second kappa shape index (κ2) is 31.9. The predicted octanol–water partition coefficient (Wildman–Crippen LogP) is 13.5. The number of ether oxygens (including phenoxy) is 2. The standard InChI is InChI=1S/C42H81NO2/c1-5-7-9-11-13-15-17-19-21-23-25-27-29-31-33-35-37-42(44-40-41(45-42)39-43(3)4)38-36-34-32-30-28-26-24-22-20-18-16-14-12-10-8-6-2/h13,15,19,21,41H,5-12,14,16-18,20,22-40H2,1-4H3/b15-13-,21-19-/t41-,42?/m0/s1. The fourth-order valence-electron chi connectivity index (χ4n) is 6.83. The SMILES string of the molecule is CCCCC/C=C\C/C=C\CCCCCCCCC1(CCCCCCCCCCCCCCCCCC)OC[C@H](CN(C)C)O1. The molecule has 1 aliphatic rings. The third-order valence-electron chi connectivity index (χ3n) is 9.65. The molecule has 1 unspecified atom stereocenters. The van der Waals surface area contributed by atoms with E-state index in [2.05, 4.69) is 57.1 Å². The minimum Gasteiger partial charge on any atom is -0.347 e. The fourth-order valence-corrected chi connectivity index (χ4v) is 6.83. The molecule has 0 radical (unpaired) electrons. The second-order valence-electron chi connectivity index (χ2n) is 14.6. The van der Waals surface area contributed by atoms with Gasteiger partial charge in [-0.3, -0.25) is 0 Å². The summed E-state index contributed by atoms with van der Waals surface area (Å²) in [5.41, 5.74) is 0. The zero-order valence-electron chi connectivity index (χ0n) is 31.3. The average molecular weight is 632 g/mol. The van der Waals surface area contributed by atoms with Gasteiger partial charge < -0.3 is 14.4 Å². The van der Waals surface area contributed by atoms with E-state index in [1.165, 1.54) is 173 Å². The number of hydrogen-bond donors (Lipinski definition) is 0. The van der Waals surface area contributed by atoms with Crippen molar-refractivity contribution in [2.75, 3.05) is 27.2 Å². The molecule has 0 bridgehead atoms. The Balaban J connectivity index is 2.08. The Morgan fingerprint density at radius 3 is 1.33 bits per heavy atom. The van der Waals surface area contributed by atoms with E-state index in [0.717, 1.165) is 32.4 Å². The molecule has 2 atom stereocenters. The third kappa shape index (κ3) is 27.1. The van der Waals surface area contributed by atoms with E-state index in [1.807, 2.05) is 0 Å². The highest BCUT2D eigenvalue weighted by Gasteiger charge is 2.40. The summed E-state index contributed by atoms with van der Waals surface area (Å²) in [5, 5.41) is 0. The van der Waals surface area contributed by atoms with Crippen LogP contribution in [0.25, 0.3) is 0 Å². The summed E-state index contributed by atoms with van der Waals surface area (Å²) in [7, 11) is 4.28. The van der Waals surface area contributed by atoms with Crippen LogP contribution < -0.4 is 0 Å². The van der Waals surface area contributed by atoms with Gasteiger partial charge in [0.25, 0.3) is 0 Å². The molecule has 1 saturated heterocycles. The highest BCUT2D eigenvalue weighted by atomic mass is 16.7. The molecule has 0 spiro atoms. The maximum atomic E-state index is 6.63. The molecule has 0 amide bonds. The maximum Gasteiger partial charge on any atom is 0.168 e. The van der Waals surface area contributed by atoms with Crippen LogP contribution in [0.1, 0.15) is 206 Å². The molecular weight excluding hydrogens is 550 g/mol. The van der Waals surface area contributed by atoms with Gasteiger partial charge in [-0.1, -0.05) is 173 Å². The number of hydrogen-bond acceptors (Lipinski definition) is 3. The summed E-state index contributed by atoms with van der Waals surface area (Å²) in [6.45, 7) is 6.30. The molecule has 0 aromatic rings. The third-order valence-corrected chi connectivity index (χ3v) is 9.65. The number of rotatable bonds is 34. The van der Waals surface area contributed by atoms with Crippen LogP contribution in [0.2, 0.25) is 0 Å². The van der Waals surface area contributed by atoms with E-state index in [9.17, 15) is 0 Å². The largest absolute Gasteiger partial charge is 0.347 e. The number of unbranched alkanes of at least 4 members (excludes halogenated alkanes) is 24. The summed E-state index contributed by atoms with van der Waals surface area (Å²) in [4.78, 5) is 2.24. The van der Waals surface area contributed by atoms with Gasteiger partial charge >= 0.3 is 0 Å². The second-order valence-corrected chi connectivity index (χ2v) is 14.6. The summed E-state index contributed by atoms with van der Waals surface area (Å²) in [6, 6.07) is 0. The Morgan fingerprint density at radius 2 is 0.889 bits per heavy atom. The Morgan fingerprint density at radius 1 is 0.511 bits per heavy atom. The number of likely N-dealkylation sites (N-methyl/N-ethyl adjacent to an activating group) is 1. The van der Waals surface area contributed by atoms with E-state index >= 15 is 0 Å². The smallest absolute Gasteiger partial charge is 0.168 e. The van der Waals surface area contributed by atoms with E-state index in [4.69, 9.17) is 9.47 Å². The average Bonchev–Trinajstić information content (AvgIpc) is 3.42. The molecule has 1 fully saturated rings. The monoisotopic (exact) mass is 632 g/mol. The normalized spacial score (nSPS) is 18.8. The summed E-state index contributed by atoms with van der Waals surface area (Å²) in [5.74, 6) is -0.314. The van der Waals surface area contributed by atoms with Crippen molar-refractivity contribution in [1.29, 1.82) is 0 Å². The van der Waals surface area contributed by atoms with Gasteiger partial charge in [0.15, 0.2) is 5.79 Å². The van der Waals surface area contributed by atoms with Gasteiger partial charge in [-0.15, -0.1) is 0 Å². The van der Waals surface area contributed by atoms with Crippen molar-refractivity contribution < 1.29 is 9.47 Å². The van der Waals surface area contributed by atoms with Crippen LogP contribution in [-0.2, 0) is 9.47 Å². The van der Waals surface area contributed by atoms with Gasteiger partial charge in [0, 0.05) is 19.4 Å². The highest BCUT2D eigenvalue weighted by Crippen LogP contribution is 2.35. The van der Waals surface area contributed by atoms with Crippen LogP contribution >= 0.6 is 0 Å². The molecule has 1 aliphatic heterocycles. The van der Waals surface area contributed by atoms with Crippen molar-refractivity contribution in [3.63, 3.8) is 0 Å². The van der Waals surface area contributed by atoms with Crippen molar-refractivity contribution in [3.8, 4) is 0 Å². The Kier molecular flexibility index (Phi) is 30.1. The molecular formula is C42H81NO2. The van der Waals surface area contributed by atoms with Gasteiger partial charge in [0.1, 0.15) is 0 Å². The van der Waals surface area contributed by atoms with Crippen molar-refractivity contribution in [1.82, 2.24) is 4.90 Å². The van der Waals surface area contributed by atoms with Gasteiger partial charge in [0.2, 0.25) is 0 Å². The Labute approximate surface area is 283 Å². The first-order valence-corrected chi connectivity index (χ1v) is 20.4. The van der Waals surface area contributed by atoms with Gasteiger partial charge in [-0.05, 0) is 59.0 Å². The molecule has 45 heavy (non-hydrogen) atoms. The summed E-state index contributed by atoms with van der Waals surface area (Å²) < 4.78 is 13.1. The van der Waals surface area contributed by atoms with E-state index in [-0.39, 0.29) is 11.9 Å². The molecule has 266 valence electrons. The summed E-state index contributed by atoms with van der Waals surface area (Å²) in [6.07, 6.45) is 50.0. The lowest BCUT2D eigenvalue weighted by Crippen LogP contribution is -2.33. The van der Waals surface area contributed by atoms with Crippen molar-refractivity contribution in [3.05, 3.63) is 24.3 Å². The minimum absolute atomic E-state index is 0.227. The fraction of sp³-hybridized carbons (Fsp3) is 0.905. The molecule has 1 rings (SSSR count). The van der Waals surface area contributed by atoms with Crippen molar-refractivity contribution in [2.24, 2.45) is 0 Å². The van der Waals surface area contributed by atoms with Gasteiger partial charge in [-0.2, -0.15) is 0 Å². The first kappa shape index (κ1) is 42.4. The summed E-state index contributed by atoms with van der Waals surface area (Å²) >= 11 is 0. The van der Waals surface area contributed by atoms with Crippen molar-refractivity contribution >= 4 is 0 Å². The van der Waals surface area contributed by atoms with Crippen LogP contribution in [-0.4, -0.2) is 44.0 Å². The molecule has 3 nitrogen and oxygen atoms in total. The lowest BCUT2D eigenvalue weighted by atomic mass is 9.98. The topological polar surface area (TPSA) is 21.7 Å². The minimum atomic E-state index is -0.314. The van der Waals surface area contributed by atoms with E-state index < -0.39 is 0 Å². The quantitative estimate of drug-likeness (QED) is 0.0521. The van der Waals surface area contributed by atoms with Crippen molar-refractivity contribution in [2.45, 2.75) is 218 Å². The number of allylic oxidation sites excluding steroid dienone is 4. The Hall–Kier alpha value is -0.640. The van der Waals surface area contributed by atoms with E-state index in [1.54, 1.807) is 0 Å². The molecule has 0 aliphatic carbocycles. The lowest BCUT2D eigenvalue weighted by molar-refractivity contribution is -0.180. The van der Waals surface area contributed by atoms with Gasteiger partial charge in [-0.25, -0.2) is 0 Å². The zero-order chi connectivity index (χ0) is 32.5. The van der Waals surface area contributed by atoms with Crippen LogP contribution in [0.15, 0.2) is 24.3 Å². The Bertz CT molecular complexity index is 659. The maximum absolute atomic E-state index is 6.63. The molecule has 0 aromatic heterocycles. The zero-order valence-corrected chi connectivity index (χ0v) is 31.3. The molecule has 0 aromatic carbocycles. The molecule has 0 saturated carbocycles. The van der Waals surface area contributed by atoms with Crippen LogP contribution in [0.3, 0.4) is 0 Å². The molecule has 0 N–H and O–H groups in total. The first-order valence-electron chi connectivity index (χ1n) is 20.4. The first-order chi connectivity index (χ1) is 22.1. The molecule has 3 heteroatoms. The van der Waals surface area contributed by atoms with E-state index in [0.29, 0.717) is 0 Å². The predicted molar refractivity (Wildman–Crippen MR) is 200 cm³/mol. The lowest BCUT2D eigenvalue weighted by Gasteiger charge is -2.29. The number of nitrogens with zero attached hydrogens (tertiary/aromatic N) is 1. The van der Waals surface area contributed by atoms with Crippen LogP contribution in [0.5, 0.6) is 0 Å². The van der Waals surface area contributed by atoms with Crippen LogP contribution in [0.4, 0.5) is 0 Å². The van der Waals surface area contributed by atoms with Crippen LogP contribution in [0, 0.1) is 0 Å². The molecule has 1 heterocycles. The highest BCUT2D eigenvalue weighted by molar-refractivity contribution is 4.92. The van der Waals surface area contributed by atoms with Gasteiger partial charge in [0.05, 0.1) is 12.7 Å².